The van der Waals surface area contributed by atoms with Crippen LogP contribution in [0.25, 0.3) is 0 Å². The first-order valence-corrected chi connectivity index (χ1v) is 6.19. The maximum Gasteiger partial charge on any atom is 0.259 e. The van der Waals surface area contributed by atoms with Crippen LogP contribution in [0.15, 0.2) is 28.8 Å². The second-order valence-electron chi connectivity index (χ2n) is 5.00. The molecular weight excluding hydrogens is 268 g/mol. The van der Waals surface area contributed by atoms with E-state index in [2.05, 4.69) is 34.8 Å². The van der Waals surface area contributed by atoms with Gasteiger partial charge in [0.15, 0.2) is 0 Å². The maximum atomic E-state index is 12.1. The highest BCUT2D eigenvalue weighted by Gasteiger charge is 2.29. The number of rotatable bonds is 1. The minimum absolute atomic E-state index is 0.0416. The van der Waals surface area contributed by atoms with Crippen molar-refractivity contribution in [3.63, 3.8) is 0 Å². The average Bonchev–Trinajstić information content (AvgIpc) is 2.68. The van der Waals surface area contributed by atoms with Crippen molar-refractivity contribution in [2.45, 2.75) is 33.1 Å². The molecule has 0 radical (unpaired) electrons. The smallest absolute Gasteiger partial charge is 0.259 e. The fourth-order valence-corrected chi connectivity index (χ4v) is 3.10. The first kappa shape index (κ1) is 11.6. The van der Waals surface area contributed by atoms with Gasteiger partial charge in [0.1, 0.15) is 6.33 Å². The second kappa shape index (κ2) is 4.17. The molecule has 1 aliphatic rings. The summed E-state index contributed by atoms with van der Waals surface area (Å²) in [5, 5.41) is 0. The molecule has 1 heterocycles. The van der Waals surface area contributed by atoms with Crippen LogP contribution in [0.4, 0.5) is 0 Å². The first-order valence-electron chi connectivity index (χ1n) is 5.40. The van der Waals surface area contributed by atoms with Crippen LogP contribution in [-0.4, -0.2) is 15.5 Å². The predicted octanol–water partition coefficient (Wildman–Crippen LogP) is 3.38. The van der Waals surface area contributed by atoms with Gasteiger partial charge in [0, 0.05) is 22.4 Å². The molecule has 0 spiro atoms. The Morgan fingerprint density at radius 3 is 2.88 bits per heavy atom. The van der Waals surface area contributed by atoms with Crippen LogP contribution in [-0.2, 0) is 0 Å². The van der Waals surface area contributed by atoms with Gasteiger partial charge in [-0.15, -0.1) is 0 Å². The van der Waals surface area contributed by atoms with Gasteiger partial charge in [-0.1, -0.05) is 29.8 Å². The van der Waals surface area contributed by atoms with Gasteiger partial charge in [-0.2, -0.15) is 0 Å². The molecule has 0 aromatic carbocycles. The number of nitrogens with zero attached hydrogens (tertiary/aromatic N) is 2. The van der Waals surface area contributed by atoms with Crippen molar-refractivity contribution < 1.29 is 4.79 Å². The summed E-state index contributed by atoms with van der Waals surface area (Å²) in [6.45, 7) is 4.46. The van der Waals surface area contributed by atoms with E-state index in [9.17, 15) is 4.79 Å². The van der Waals surface area contributed by atoms with Gasteiger partial charge in [0.25, 0.3) is 5.91 Å². The maximum absolute atomic E-state index is 12.1. The molecule has 0 N–H and O–H groups in total. The van der Waals surface area contributed by atoms with Gasteiger partial charge >= 0.3 is 0 Å². The molecule has 0 saturated heterocycles. The van der Waals surface area contributed by atoms with Crippen molar-refractivity contribution in [3.05, 3.63) is 28.8 Å². The van der Waals surface area contributed by atoms with Gasteiger partial charge in [-0.3, -0.25) is 9.36 Å². The van der Waals surface area contributed by atoms with Gasteiger partial charge in [-0.25, -0.2) is 4.98 Å². The molecule has 0 aliphatic heterocycles. The van der Waals surface area contributed by atoms with E-state index < -0.39 is 0 Å². The van der Waals surface area contributed by atoms with E-state index in [0.717, 1.165) is 29.3 Å². The summed E-state index contributed by atoms with van der Waals surface area (Å²) < 4.78 is 2.58. The number of hydrogen-bond donors (Lipinski definition) is 0. The molecule has 0 saturated carbocycles. The Morgan fingerprint density at radius 2 is 2.31 bits per heavy atom. The van der Waals surface area contributed by atoms with E-state index in [1.165, 1.54) is 4.57 Å². The molecular formula is C12H15BrN2O. The summed E-state index contributed by atoms with van der Waals surface area (Å²) in [7, 11) is 0. The fourth-order valence-electron chi connectivity index (χ4n) is 1.97. The Hall–Kier alpha value is -0.900. The van der Waals surface area contributed by atoms with Gasteiger partial charge in [0.05, 0.1) is 0 Å². The molecule has 0 fully saturated rings. The van der Waals surface area contributed by atoms with Gasteiger partial charge in [-0.05, 0) is 24.7 Å². The van der Waals surface area contributed by atoms with Crippen LogP contribution in [0.3, 0.4) is 0 Å². The lowest BCUT2D eigenvalue weighted by Gasteiger charge is -2.30. The SMILES string of the molecule is CC1(C)CCC(C(=O)n2ccnc2)=C(Br)C1. The molecule has 3 nitrogen and oxygen atoms in total. The Morgan fingerprint density at radius 1 is 1.56 bits per heavy atom. The standard InChI is InChI=1S/C12H15BrN2O/c1-12(2)4-3-9(10(13)7-12)11(16)15-6-5-14-8-15/h5-6,8H,3-4,7H2,1-2H3. The number of carbonyl (C=O) groups is 1. The van der Waals surface area contributed by atoms with E-state index in [0.29, 0.717) is 0 Å². The molecule has 4 heteroatoms. The lowest BCUT2D eigenvalue weighted by atomic mass is 9.78. The third kappa shape index (κ3) is 2.26. The lowest BCUT2D eigenvalue weighted by molar-refractivity contribution is 0.0944. The molecule has 2 rings (SSSR count). The average molecular weight is 283 g/mol. The zero-order valence-electron chi connectivity index (χ0n) is 9.53. The monoisotopic (exact) mass is 282 g/mol. The zero-order chi connectivity index (χ0) is 11.8. The van der Waals surface area contributed by atoms with Crippen LogP contribution in [0.5, 0.6) is 0 Å². The Balaban J connectivity index is 2.26. The van der Waals surface area contributed by atoms with Gasteiger partial charge in [0.2, 0.25) is 0 Å². The number of carbonyl (C=O) groups excluding carboxylic acids is 1. The summed E-state index contributed by atoms with van der Waals surface area (Å²) in [6.07, 6.45) is 7.69. The van der Waals surface area contributed by atoms with Crippen LogP contribution >= 0.6 is 15.9 Å². The minimum Gasteiger partial charge on any atom is -0.273 e. The number of halogens is 1. The number of hydrogen-bond acceptors (Lipinski definition) is 2. The summed E-state index contributed by atoms with van der Waals surface area (Å²) in [5.74, 6) is 0.0416. The summed E-state index contributed by atoms with van der Waals surface area (Å²) >= 11 is 3.54. The van der Waals surface area contributed by atoms with E-state index in [1.54, 1.807) is 18.7 Å². The summed E-state index contributed by atoms with van der Waals surface area (Å²) in [5.41, 5.74) is 1.18. The quantitative estimate of drug-likeness (QED) is 0.792. The topological polar surface area (TPSA) is 34.9 Å². The third-order valence-electron chi connectivity index (χ3n) is 3.01. The number of aromatic nitrogens is 2. The van der Waals surface area contributed by atoms with Crippen LogP contribution in [0, 0.1) is 5.41 Å². The van der Waals surface area contributed by atoms with Crippen LogP contribution in [0.2, 0.25) is 0 Å². The summed E-state index contributed by atoms with van der Waals surface area (Å²) in [4.78, 5) is 16.0. The molecule has 0 unspecified atom stereocenters. The lowest BCUT2D eigenvalue weighted by Crippen LogP contribution is -2.22. The third-order valence-corrected chi connectivity index (χ3v) is 3.77. The molecule has 1 aliphatic carbocycles. The normalized spacial score (nSPS) is 19.9. The Labute approximate surface area is 104 Å². The van der Waals surface area contributed by atoms with E-state index in [4.69, 9.17) is 0 Å². The first-order chi connectivity index (χ1) is 7.49. The Bertz CT molecular complexity index is 432. The van der Waals surface area contributed by atoms with Gasteiger partial charge < -0.3 is 0 Å². The second-order valence-corrected chi connectivity index (χ2v) is 5.96. The Kier molecular flexibility index (Phi) is 3.02. The largest absolute Gasteiger partial charge is 0.273 e. The molecule has 0 amide bonds. The number of imidazole rings is 1. The van der Waals surface area contributed by atoms with E-state index >= 15 is 0 Å². The van der Waals surface area contributed by atoms with Crippen molar-refractivity contribution in [3.8, 4) is 0 Å². The molecule has 0 atom stereocenters. The van der Waals surface area contributed by atoms with Crippen molar-refractivity contribution in [1.82, 2.24) is 9.55 Å². The molecule has 1 aromatic rings. The number of allylic oxidation sites excluding steroid dienone is 2. The molecule has 86 valence electrons. The van der Waals surface area contributed by atoms with Crippen molar-refractivity contribution >= 4 is 21.8 Å². The van der Waals surface area contributed by atoms with E-state index in [1.807, 2.05) is 0 Å². The minimum atomic E-state index is 0.0416. The highest BCUT2D eigenvalue weighted by Crippen LogP contribution is 2.41. The highest BCUT2D eigenvalue weighted by atomic mass is 79.9. The summed E-state index contributed by atoms with van der Waals surface area (Å²) in [6, 6.07) is 0. The molecule has 0 bridgehead atoms. The molecule has 1 aromatic heterocycles. The van der Waals surface area contributed by atoms with E-state index in [-0.39, 0.29) is 11.3 Å². The van der Waals surface area contributed by atoms with Crippen molar-refractivity contribution in [1.29, 1.82) is 0 Å². The van der Waals surface area contributed by atoms with Crippen LogP contribution < -0.4 is 0 Å². The molecule has 16 heavy (non-hydrogen) atoms. The predicted molar refractivity (Wildman–Crippen MR) is 66.4 cm³/mol. The van der Waals surface area contributed by atoms with Crippen molar-refractivity contribution in [2.75, 3.05) is 0 Å². The van der Waals surface area contributed by atoms with Crippen LogP contribution in [0.1, 0.15) is 37.9 Å². The van der Waals surface area contributed by atoms with Crippen molar-refractivity contribution in [2.24, 2.45) is 5.41 Å². The fraction of sp³-hybridized carbons (Fsp3) is 0.500. The zero-order valence-corrected chi connectivity index (χ0v) is 11.1. The highest BCUT2D eigenvalue weighted by molar-refractivity contribution is 9.11.